The second-order valence-corrected chi connectivity index (χ2v) is 9.07. The molecule has 0 saturated heterocycles. The van der Waals surface area contributed by atoms with Crippen molar-refractivity contribution in [1.82, 2.24) is 20.3 Å². The topological polar surface area (TPSA) is 106 Å². The number of hydrogen-bond donors (Lipinski definition) is 2. The minimum absolute atomic E-state index is 0.114. The van der Waals surface area contributed by atoms with E-state index in [1.54, 1.807) is 18.2 Å². The predicted molar refractivity (Wildman–Crippen MR) is 128 cm³/mol. The lowest BCUT2D eigenvalue weighted by Crippen LogP contribution is -2.46. The summed E-state index contributed by atoms with van der Waals surface area (Å²) in [7, 11) is 0. The molecule has 2 aromatic heterocycles. The number of nitrogens with one attached hydrogen (secondary N) is 1. The number of aliphatic hydroxyl groups excluding tert-OH is 1. The highest BCUT2D eigenvalue weighted by molar-refractivity contribution is 6.42. The molecule has 4 rings (SSSR count). The molecule has 2 heterocycles. The molecule has 13 heteroatoms. The van der Waals surface area contributed by atoms with Crippen LogP contribution in [-0.4, -0.2) is 38.3 Å². The molecule has 1 fully saturated rings. The Balaban J connectivity index is 1.72. The number of rotatable bonds is 6. The van der Waals surface area contributed by atoms with Gasteiger partial charge in [0.25, 0.3) is 5.88 Å². The van der Waals surface area contributed by atoms with E-state index < -0.39 is 41.9 Å². The summed E-state index contributed by atoms with van der Waals surface area (Å²) in [5, 5.41) is 12.8. The van der Waals surface area contributed by atoms with E-state index in [2.05, 4.69) is 20.3 Å². The van der Waals surface area contributed by atoms with Crippen LogP contribution in [0.2, 0.25) is 10.0 Å². The van der Waals surface area contributed by atoms with E-state index in [-0.39, 0.29) is 27.9 Å². The van der Waals surface area contributed by atoms with Crippen LogP contribution < -0.4 is 14.8 Å². The van der Waals surface area contributed by atoms with Gasteiger partial charge in [0.05, 0.1) is 27.9 Å². The molecule has 0 bridgehead atoms. The average Bonchev–Trinajstić information content (AvgIpc) is 2.86. The molecule has 0 aliphatic heterocycles. The largest absolute Gasteiger partial charge is 0.470 e. The molecule has 0 unspecified atom stereocenters. The maximum atomic E-state index is 14.0. The smallest absolute Gasteiger partial charge is 0.438 e. The van der Waals surface area contributed by atoms with Gasteiger partial charge in [-0.2, -0.15) is 13.2 Å². The number of amides is 1. The van der Waals surface area contributed by atoms with Crippen LogP contribution in [-0.2, 0) is 12.8 Å². The number of benzene rings is 1. The molecular weight excluding hydrogens is 536 g/mol. The first-order chi connectivity index (χ1) is 17.6. The van der Waals surface area contributed by atoms with Crippen LogP contribution in [0, 0.1) is 0 Å². The number of nitrogens with zero attached hydrogens (tertiary/aromatic N) is 3. The van der Waals surface area contributed by atoms with Gasteiger partial charge in [-0.25, -0.2) is 14.8 Å². The number of carbonyl (C=O) groups is 1. The lowest BCUT2D eigenvalue weighted by molar-refractivity contribution is -0.142. The summed E-state index contributed by atoms with van der Waals surface area (Å²) in [5.74, 6) is -1.56. The Kier molecular flexibility index (Phi) is 8.35. The fourth-order valence-corrected chi connectivity index (χ4v) is 4.06. The van der Waals surface area contributed by atoms with Crippen molar-refractivity contribution in [1.29, 1.82) is 0 Å². The van der Waals surface area contributed by atoms with Gasteiger partial charge in [-0.1, -0.05) is 48.2 Å². The minimum Gasteiger partial charge on any atom is -0.470 e. The van der Waals surface area contributed by atoms with Crippen molar-refractivity contribution < 1.29 is 32.5 Å². The molecule has 0 spiro atoms. The first kappa shape index (κ1) is 26.9. The molecule has 196 valence electrons. The fraction of sp³-hybridized carbons (Fsp3) is 0.333. The van der Waals surface area contributed by atoms with Crippen molar-refractivity contribution in [3.05, 3.63) is 64.0 Å². The Hall–Kier alpha value is -3.15. The zero-order chi connectivity index (χ0) is 26.6. The molecule has 1 aliphatic rings. The van der Waals surface area contributed by atoms with E-state index in [9.17, 15) is 23.1 Å². The number of hydrogen-bond acceptors (Lipinski definition) is 7. The van der Waals surface area contributed by atoms with Crippen LogP contribution in [0.3, 0.4) is 0 Å². The molecular formula is C24H21Cl2F3N4O4. The summed E-state index contributed by atoms with van der Waals surface area (Å²) in [4.78, 5) is 24.2. The monoisotopic (exact) mass is 556 g/mol. The Morgan fingerprint density at radius 3 is 2.54 bits per heavy atom. The number of carbonyl (C=O) groups excluding carboxylic acids is 1. The van der Waals surface area contributed by atoms with Gasteiger partial charge in [-0.15, -0.1) is 0 Å². The summed E-state index contributed by atoms with van der Waals surface area (Å²) in [6, 6.07) is 8.60. The van der Waals surface area contributed by atoms with Crippen LogP contribution in [0.1, 0.15) is 37.1 Å². The summed E-state index contributed by atoms with van der Waals surface area (Å²) in [5.41, 5.74) is -1.07. The van der Waals surface area contributed by atoms with Gasteiger partial charge in [0.2, 0.25) is 11.6 Å². The SMILES string of the molecule is O=C(N[C@@H]1CCCC[C@H]1O)Oc1nc(-c2ccc(Cl)c(Cl)c2)c(OCc2ccccn2)nc1C(F)(F)F. The Labute approximate surface area is 219 Å². The van der Waals surface area contributed by atoms with Crippen molar-refractivity contribution in [2.45, 2.75) is 50.6 Å². The third kappa shape index (κ3) is 6.79. The van der Waals surface area contributed by atoms with Gasteiger partial charge < -0.3 is 19.9 Å². The van der Waals surface area contributed by atoms with E-state index in [4.69, 9.17) is 32.7 Å². The molecule has 1 saturated carbocycles. The normalized spacial score (nSPS) is 17.8. The molecule has 3 aromatic rings. The Morgan fingerprint density at radius 2 is 1.86 bits per heavy atom. The number of pyridine rings is 1. The average molecular weight is 557 g/mol. The highest BCUT2D eigenvalue weighted by Gasteiger charge is 2.40. The highest BCUT2D eigenvalue weighted by atomic mass is 35.5. The van der Waals surface area contributed by atoms with Crippen molar-refractivity contribution in [2.24, 2.45) is 0 Å². The minimum atomic E-state index is -5.04. The number of halogens is 5. The number of aromatic nitrogens is 3. The predicted octanol–water partition coefficient (Wildman–Crippen LogP) is 5.84. The number of alkyl halides is 3. The first-order valence-electron chi connectivity index (χ1n) is 11.3. The van der Waals surface area contributed by atoms with Crippen molar-refractivity contribution in [2.75, 3.05) is 0 Å². The summed E-state index contributed by atoms with van der Waals surface area (Å²) >= 11 is 12.1. The number of aliphatic hydroxyl groups is 1. The van der Waals surface area contributed by atoms with Crippen LogP contribution in [0.4, 0.5) is 18.0 Å². The lowest BCUT2D eigenvalue weighted by atomic mass is 9.93. The second-order valence-electron chi connectivity index (χ2n) is 8.26. The zero-order valence-corrected chi connectivity index (χ0v) is 20.6. The molecule has 1 aliphatic carbocycles. The highest BCUT2D eigenvalue weighted by Crippen LogP contribution is 2.40. The van der Waals surface area contributed by atoms with E-state index in [1.165, 1.54) is 24.4 Å². The Morgan fingerprint density at radius 1 is 1.08 bits per heavy atom. The molecule has 1 aromatic carbocycles. The van der Waals surface area contributed by atoms with Gasteiger partial charge in [0, 0.05) is 11.8 Å². The fourth-order valence-electron chi connectivity index (χ4n) is 3.77. The molecule has 8 nitrogen and oxygen atoms in total. The third-order valence-corrected chi connectivity index (χ3v) is 6.34. The van der Waals surface area contributed by atoms with Gasteiger partial charge in [0.1, 0.15) is 12.3 Å². The molecule has 37 heavy (non-hydrogen) atoms. The van der Waals surface area contributed by atoms with E-state index >= 15 is 0 Å². The first-order valence-corrected chi connectivity index (χ1v) is 12.0. The van der Waals surface area contributed by atoms with Crippen molar-refractivity contribution >= 4 is 29.3 Å². The van der Waals surface area contributed by atoms with Gasteiger partial charge in [0.15, 0.2) is 0 Å². The van der Waals surface area contributed by atoms with E-state index in [1.807, 2.05) is 0 Å². The van der Waals surface area contributed by atoms with Crippen LogP contribution >= 0.6 is 23.2 Å². The third-order valence-electron chi connectivity index (χ3n) is 5.60. The standard InChI is InChI=1S/C24H21Cl2F3N4O4/c25-15-9-8-13(11-16(15)26)19-21(36-12-14-5-3-4-10-30-14)33-20(24(27,28)29)22(32-19)37-23(35)31-17-6-1-2-7-18(17)34/h3-5,8-11,17-18,34H,1-2,6-7,12H2,(H,31,35)/t17-,18-/m1/s1. The summed E-state index contributed by atoms with van der Waals surface area (Å²) < 4.78 is 52.4. The summed E-state index contributed by atoms with van der Waals surface area (Å²) in [6.45, 7) is -0.207. The number of ether oxygens (including phenoxy) is 2. The van der Waals surface area contributed by atoms with E-state index in [0.29, 0.717) is 18.5 Å². The van der Waals surface area contributed by atoms with Crippen LogP contribution in [0.5, 0.6) is 11.8 Å². The molecule has 2 atom stereocenters. The lowest BCUT2D eigenvalue weighted by Gasteiger charge is -2.27. The van der Waals surface area contributed by atoms with Crippen LogP contribution in [0.15, 0.2) is 42.6 Å². The quantitative estimate of drug-likeness (QED) is 0.393. The second kappa shape index (κ2) is 11.5. The molecule has 1 amide bonds. The maximum Gasteiger partial charge on any atom is 0.438 e. The van der Waals surface area contributed by atoms with Gasteiger partial charge >= 0.3 is 12.3 Å². The molecule has 2 N–H and O–H groups in total. The van der Waals surface area contributed by atoms with Crippen molar-refractivity contribution in [3.8, 4) is 23.0 Å². The maximum absolute atomic E-state index is 14.0. The van der Waals surface area contributed by atoms with Crippen LogP contribution in [0.25, 0.3) is 11.3 Å². The van der Waals surface area contributed by atoms with E-state index in [0.717, 1.165) is 12.8 Å². The summed E-state index contributed by atoms with van der Waals surface area (Å²) in [6.07, 6.45) is -3.11. The molecule has 0 radical (unpaired) electrons. The van der Waals surface area contributed by atoms with Crippen molar-refractivity contribution in [3.63, 3.8) is 0 Å². The zero-order valence-electron chi connectivity index (χ0n) is 19.1. The van der Waals surface area contributed by atoms with Gasteiger partial charge in [-0.3, -0.25) is 4.98 Å². The Bertz CT molecular complexity index is 1260. The van der Waals surface area contributed by atoms with Gasteiger partial charge in [-0.05, 0) is 37.1 Å².